The van der Waals surface area contributed by atoms with Crippen LogP contribution in [-0.4, -0.2) is 42.6 Å². The van der Waals surface area contributed by atoms with E-state index in [0.29, 0.717) is 6.92 Å². The molecular weight excluding hydrogens is 307 g/mol. The van der Waals surface area contributed by atoms with Crippen LogP contribution in [0.15, 0.2) is 0 Å². The lowest BCUT2D eigenvalue weighted by molar-refractivity contribution is -0.278. The summed E-state index contributed by atoms with van der Waals surface area (Å²) in [5, 5.41) is 0. The van der Waals surface area contributed by atoms with E-state index in [4.69, 9.17) is 0 Å². The van der Waals surface area contributed by atoms with Crippen molar-refractivity contribution in [3.05, 3.63) is 0 Å². The number of ether oxygens (including phenoxy) is 1. The minimum Gasteiger partial charge on any atom is -0.362 e. The Morgan fingerprint density at radius 2 is 1.25 bits per heavy atom. The lowest BCUT2D eigenvalue weighted by Crippen LogP contribution is -2.50. The molecule has 0 N–H and O–H groups in total. The molecule has 0 amide bonds. The first-order chi connectivity index (χ1) is 8.81. The van der Waals surface area contributed by atoms with Crippen molar-refractivity contribution in [1.82, 2.24) is 0 Å². The predicted octanol–water partition coefficient (Wildman–Crippen LogP) is 4.06. The van der Waals surface area contributed by atoms with E-state index in [9.17, 15) is 39.5 Å². The minimum atomic E-state index is -5.85. The van der Waals surface area contributed by atoms with Gasteiger partial charge in [0, 0.05) is 0 Å². The van der Waals surface area contributed by atoms with Gasteiger partial charge in [-0.15, -0.1) is 0 Å². The predicted molar refractivity (Wildman–Crippen MR) is 49.3 cm³/mol. The van der Waals surface area contributed by atoms with Gasteiger partial charge in [-0.25, -0.2) is 26.3 Å². The maximum atomic E-state index is 13.2. The van der Waals surface area contributed by atoms with Crippen LogP contribution in [0.25, 0.3) is 0 Å². The lowest BCUT2D eigenvalue weighted by Gasteiger charge is -2.29. The highest BCUT2D eigenvalue weighted by Gasteiger charge is 2.64. The normalized spacial score (nSPS) is 28.5. The van der Waals surface area contributed by atoms with Crippen molar-refractivity contribution in [2.45, 2.75) is 62.3 Å². The van der Waals surface area contributed by atoms with Gasteiger partial charge in [0.05, 0.1) is 0 Å². The molecule has 4 unspecified atom stereocenters. The average Bonchev–Trinajstić information content (AvgIpc) is 2.76. The highest BCUT2D eigenvalue weighted by molar-refractivity contribution is 4.97. The number of hydrogen-bond acceptors (Lipinski definition) is 1. The first-order valence-corrected chi connectivity index (χ1v) is 5.57. The molecule has 1 fully saturated rings. The molecule has 0 spiro atoms. The Kier molecular flexibility index (Phi) is 4.58. The molecule has 1 aliphatic heterocycles. The molecule has 0 radical (unpaired) electrons. The van der Waals surface area contributed by atoms with Crippen LogP contribution in [0.3, 0.4) is 0 Å². The second-order valence-corrected chi connectivity index (χ2v) is 4.56. The van der Waals surface area contributed by atoms with Crippen LogP contribution >= 0.6 is 0 Å². The summed E-state index contributed by atoms with van der Waals surface area (Å²) in [5.74, 6) is -9.14. The summed E-state index contributed by atoms with van der Waals surface area (Å²) in [6.07, 6.45) is -19.8. The van der Waals surface area contributed by atoms with Gasteiger partial charge in [0.15, 0.2) is 6.17 Å². The van der Waals surface area contributed by atoms with Gasteiger partial charge in [0.2, 0.25) is 0 Å². The number of alkyl halides is 9. The number of hydrogen-bond donors (Lipinski definition) is 0. The van der Waals surface area contributed by atoms with Crippen molar-refractivity contribution in [3.63, 3.8) is 0 Å². The molecular formula is C10H11F9O. The molecule has 0 saturated carbocycles. The SMILES string of the molecule is CC(F)C(F)(F)C1CCC(C(F)(F)C(F)C(F)(F)F)O1. The third-order valence-electron chi connectivity index (χ3n) is 3.03. The first-order valence-electron chi connectivity index (χ1n) is 5.57. The van der Waals surface area contributed by atoms with E-state index in [-0.39, 0.29) is 0 Å². The Morgan fingerprint density at radius 1 is 0.850 bits per heavy atom. The number of halogens is 9. The summed E-state index contributed by atoms with van der Waals surface area (Å²) < 4.78 is 118. The zero-order chi connectivity index (χ0) is 15.9. The third-order valence-corrected chi connectivity index (χ3v) is 3.03. The molecule has 0 aliphatic carbocycles. The Morgan fingerprint density at radius 3 is 1.60 bits per heavy atom. The Labute approximate surface area is 108 Å². The first kappa shape index (κ1) is 17.4. The molecule has 120 valence electrons. The standard InChI is InChI=1S/C10H11F9O/c1-4(11)8(13,14)5-2-3-6(20-5)9(15,16)7(12)10(17,18)19/h4-7H,2-3H2,1H3. The quantitative estimate of drug-likeness (QED) is 0.710. The molecule has 0 bridgehead atoms. The second-order valence-electron chi connectivity index (χ2n) is 4.56. The van der Waals surface area contributed by atoms with Crippen LogP contribution in [0.1, 0.15) is 19.8 Å². The third kappa shape index (κ3) is 3.15. The molecule has 10 heteroatoms. The van der Waals surface area contributed by atoms with E-state index in [0.717, 1.165) is 0 Å². The summed E-state index contributed by atoms with van der Waals surface area (Å²) in [7, 11) is 0. The molecule has 0 aromatic heterocycles. The van der Waals surface area contributed by atoms with Gasteiger partial charge in [-0.1, -0.05) is 0 Å². The van der Waals surface area contributed by atoms with Gasteiger partial charge in [-0.05, 0) is 19.8 Å². The summed E-state index contributed by atoms with van der Waals surface area (Å²) in [4.78, 5) is 0. The Bertz CT molecular complexity index is 338. The summed E-state index contributed by atoms with van der Waals surface area (Å²) in [6, 6.07) is 0. The Hall–Kier alpha value is -0.670. The van der Waals surface area contributed by atoms with Crippen LogP contribution < -0.4 is 0 Å². The maximum Gasteiger partial charge on any atom is 0.425 e. The van der Waals surface area contributed by atoms with E-state index >= 15 is 0 Å². The molecule has 0 aromatic rings. The van der Waals surface area contributed by atoms with Gasteiger partial charge in [-0.2, -0.15) is 13.2 Å². The monoisotopic (exact) mass is 318 g/mol. The van der Waals surface area contributed by atoms with Gasteiger partial charge in [0.1, 0.15) is 12.2 Å². The van der Waals surface area contributed by atoms with Crippen molar-refractivity contribution < 1.29 is 44.3 Å². The molecule has 1 aliphatic rings. The summed E-state index contributed by atoms with van der Waals surface area (Å²) in [6.45, 7) is 0.461. The van der Waals surface area contributed by atoms with E-state index in [1.807, 2.05) is 0 Å². The van der Waals surface area contributed by atoms with Crippen LogP contribution in [-0.2, 0) is 4.74 Å². The molecule has 20 heavy (non-hydrogen) atoms. The molecule has 1 nitrogen and oxygen atoms in total. The fourth-order valence-electron chi connectivity index (χ4n) is 1.84. The van der Waals surface area contributed by atoms with Gasteiger partial charge in [-0.3, -0.25) is 0 Å². The Balaban J connectivity index is 2.82. The van der Waals surface area contributed by atoms with Crippen molar-refractivity contribution in [2.24, 2.45) is 0 Å². The van der Waals surface area contributed by atoms with Crippen molar-refractivity contribution in [2.75, 3.05) is 0 Å². The molecule has 1 heterocycles. The largest absolute Gasteiger partial charge is 0.425 e. The maximum absolute atomic E-state index is 13.2. The second kappa shape index (κ2) is 5.27. The number of rotatable bonds is 4. The van der Waals surface area contributed by atoms with Crippen LogP contribution in [0.2, 0.25) is 0 Å². The minimum absolute atomic E-state index is 0.461. The average molecular weight is 318 g/mol. The summed E-state index contributed by atoms with van der Waals surface area (Å²) in [5.41, 5.74) is 0. The van der Waals surface area contributed by atoms with Crippen LogP contribution in [0, 0.1) is 0 Å². The van der Waals surface area contributed by atoms with Crippen LogP contribution in [0.5, 0.6) is 0 Å². The van der Waals surface area contributed by atoms with E-state index in [1.54, 1.807) is 0 Å². The van der Waals surface area contributed by atoms with E-state index in [1.165, 1.54) is 0 Å². The molecule has 1 saturated heterocycles. The van der Waals surface area contributed by atoms with E-state index in [2.05, 4.69) is 4.74 Å². The van der Waals surface area contributed by atoms with Gasteiger partial charge in [0.25, 0.3) is 6.17 Å². The zero-order valence-corrected chi connectivity index (χ0v) is 10.0. The smallest absolute Gasteiger partial charge is 0.362 e. The fraction of sp³-hybridized carbons (Fsp3) is 1.00. The topological polar surface area (TPSA) is 9.23 Å². The van der Waals surface area contributed by atoms with Gasteiger partial charge < -0.3 is 4.74 Å². The zero-order valence-electron chi connectivity index (χ0n) is 10.0. The summed E-state index contributed by atoms with van der Waals surface area (Å²) >= 11 is 0. The highest BCUT2D eigenvalue weighted by Crippen LogP contribution is 2.45. The van der Waals surface area contributed by atoms with Gasteiger partial charge >= 0.3 is 18.0 Å². The molecule has 1 rings (SSSR count). The van der Waals surface area contributed by atoms with E-state index < -0.39 is 55.4 Å². The van der Waals surface area contributed by atoms with Crippen molar-refractivity contribution in [1.29, 1.82) is 0 Å². The van der Waals surface area contributed by atoms with Crippen LogP contribution in [0.4, 0.5) is 39.5 Å². The molecule has 0 aromatic carbocycles. The lowest BCUT2D eigenvalue weighted by atomic mass is 10.0. The molecule has 4 atom stereocenters. The van der Waals surface area contributed by atoms with Crippen molar-refractivity contribution in [3.8, 4) is 0 Å². The van der Waals surface area contributed by atoms with Crippen molar-refractivity contribution >= 4 is 0 Å². The fourth-order valence-corrected chi connectivity index (χ4v) is 1.84. The highest BCUT2D eigenvalue weighted by atomic mass is 19.4.